The Bertz CT molecular complexity index is 667. The maximum Gasteiger partial charge on any atom is 0.311 e. The standard InChI is InChI=1S/C16H20N4O3/c1-2-23-13-4-3-11(9-12(13)20(21)22)15-16-14(17-18-15)10-5-7-19(16)8-6-10/h3-4,9-10,15-16,18H,2,5-8H2,1H3. The van der Waals surface area contributed by atoms with E-state index in [1.54, 1.807) is 12.1 Å². The maximum absolute atomic E-state index is 11.3. The van der Waals surface area contributed by atoms with Gasteiger partial charge in [-0.25, -0.2) is 0 Å². The van der Waals surface area contributed by atoms with E-state index >= 15 is 0 Å². The van der Waals surface area contributed by atoms with E-state index in [4.69, 9.17) is 4.74 Å². The van der Waals surface area contributed by atoms with Crippen LogP contribution in [0.25, 0.3) is 0 Å². The van der Waals surface area contributed by atoms with Crippen LogP contribution in [0.15, 0.2) is 23.3 Å². The monoisotopic (exact) mass is 316 g/mol. The fourth-order valence-corrected chi connectivity index (χ4v) is 4.06. The Morgan fingerprint density at radius 1 is 1.43 bits per heavy atom. The molecule has 7 heteroatoms. The molecule has 4 heterocycles. The maximum atomic E-state index is 11.3. The lowest BCUT2D eigenvalue weighted by molar-refractivity contribution is -0.385. The fraction of sp³-hybridized carbons (Fsp3) is 0.562. The van der Waals surface area contributed by atoms with Crippen molar-refractivity contribution in [1.82, 2.24) is 10.3 Å². The van der Waals surface area contributed by atoms with E-state index < -0.39 is 0 Å². The topological polar surface area (TPSA) is 80.0 Å². The molecule has 7 nitrogen and oxygen atoms in total. The first kappa shape index (κ1) is 14.4. The van der Waals surface area contributed by atoms with Crippen LogP contribution in [-0.4, -0.2) is 41.3 Å². The molecule has 4 aliphatic rings. The molecule has 122 valence electrons. The average Bonchev–Trinajstić information content (AvgIpc) is 3.03. The number of hydrazone groups is 1. The van der Waals surface area contributed by atoms with Gasteiger partial charge in [0, 0.05) is 12.0 Å². The van der Waals surface area contributed by atoms with Gasteiger partial charge in [-0.1, -0.05) is 6.07 Å². The first-order chi connectivity index (χ1) is 11.2. The minimum Gasteiger partial charge on any atom is -0.487 e. The van der Waals surface area contributed by atoms with Gasteiger partial charge < -0.3 is 10.2 Å². The van der Waals surface area contributed by atoms with Gasteiger partial charge in [0.2, 0.25) is 0 Å². The van der Waals surface area contributed by atoms with Gasteiger partial charge in [0.15, 0.2) is 5.75 Å². The van der Waals surface area contributed by atoms with Crippen LogP contribution in [0.5, 0.6) is 5.75 Å². The normalized spacial score (nSPS) is 31.3. The first-order valence-electron chi connectivity index (χ1n) is 8.17. The molecule has 0 aliphatic carbocycles. The summed E-state index contributed by atoms with van der Waals surface area (Å²) >= 11 is 0. The zero-order valence-corrected chi connectivity index (χ0v) is 13.1. The molecule has 2 atom stereocenters. The second-order valence-electron chi connectivity index (χ2n) is 6.32. The van der Waals surface area contributed by atoms with Crippen molar-refractivity contribution in [2.45, 2.75) is 31.8 Å². The molecule has 3 fully saturated rings. The Hall–Kier alpha value is -2.15. The quantitative estimate of drug-likeness (QED) is 0.679. The Labute approximate surface area is 134 Å². The molecular formula is C16H20N4O3. The number of rotatable bonds is 4. The van der Waals surface area contributed by atoms with E-state index in [-0.39, 0.29) is 22.7 Å². The number of hydrogen-bond acceptors (Lipinski definition) is 6. The molecule has 0 saturated carbocycles. The highest BCUT2D eigenvalue weighted by molar-refractivity contribution is 5.95. The Balaban J connectivity index is 1.66. The number of piperidine rings is 3. The van der Waals surface area contributed by atoms with Crippen LogP contribution in [-0.2, 0) is 0 Å². The van der Waals surface area contributed by atoms with Gasteiger partial charge in [0.1, 0.15) is 0 Å². The van der Waals surface area contributed by atoms with E-state index in [0.717, 1.165) is 18.7 Å². The van der Waals surface area contributed by atoms with Gasteiger partial charge >= 0.3 is 5.69 Å². The molecule has 1 N–H and O–H groups in total. The molecule has 1 aromatic rings. The molecule has 23 heavy (non-hydrogen) atoms. The summed E-state index contributed by atoms with van der Waals surface area (Å²) in [7, 11) is 0. The number of benzene rings is 1. The molecule has 4 aliphatic heterocycles. The fourth-order valence-electron chi connectivity index (χ4n) is 4.06. The van der Waals surface area contributed by atoms with Crippen molar-refractivity contribution in [3.8, 4) is 5.75 Å². The highest BCUT2D eigenvalue weighted by Crippen LogP contribution is 2.40. The second-order valence-corrected chi connectivity index (χ2v) is 6.32. The number of nitrogens with zero attached hydrogens (tertiary/aromatic N) is 3. The van der Waals surface area contributed by atoms with Crippen molar-refractivity contribution in [3.63, 3.8) is 0 Å². The summed E-state index contributed by atoms with van der Waals surface area (Å²) in [6.45, 7) is 4.41. The van der Waals surface area contributed by atoms with Crippen LogP contribution in [0, 0.1) is 16.0 Å². The second kappa shape index (κ2) is 5.49. The van der Waals surface area contributed by atoms with Crippen LogP contribution >= 0.6 is 0 Å². The molecule has 2 unspecified atom stereocenters. The third-order valence-electron chi connectivity index (χ3n) is 5.13. The summed E-state index contributed by atoms with van der Waals surface area (Å²) in [5, 5.41) is 15.9. The molecular weight excluding hydrogens is 296 g/mol. The molecule has 2 bridgehead atoms. The Kier molecular flexibility index (Phi) is 3.45. The number of nitro benzene ring substituents is 1. The van der Waals surface area contributed by atoms with Crippen LogP contribution in [0.2, 0.25) is 0 Å². The van der Waals surface area contributed by atoms with Crippen LogP contribution in [0.3, 0.4) is 0 Å². The van der Waals surface area contributed by atoms with Crippen LogP contribution in [0.1, 0.15) is 31.4 Å². The predicted molar refractivity (Wildman–Crippen MR) is 85.7 cm³/mol. The third kappa shape index (κ3) is 2.26. The van der Waals surface area contributed by atoms with Gasteiger partial charge in [0.05, 0.1) is 29.3 Å². The van der Waals surface area contributed by atoms with Crippen LogP contribution < -0.4 is 10.2 Å². The minimum absolute atomic E-state index is 0.0116. The number of ether oxygens (including phenoxy) is 1. The summed E-state index contributed by atoms with van der Waals surface area (Å²) < 4.78 is 5.37. The first-order valence-corrected chi connectivity index (χ1v) is 8.17. The summed E-state index contributed by atoms with van der Waals surface area (Å²) in [5.41, 5.74) is 5.37. The molecule has 0 amide bonds. The highest BCUT2D eigenvalue weighted by atomic mass is 16.6. The van der Waals surface area contributed by atoms with Crippen molar-refractivity contribution in [3.05, 3.63) is 33.9 Å². The average molecular weight is 316 g/mol. The molecule has 5 rings (SSSR count). The number of nitro groups is 1. The summed E-state index contributed by atoms with van der Waals surface area (Å²) in [6, 6.07) is 5.47. The van der Waals surface area contributed by atoms with Crippen molar-refractivity contribution in [1.29, 1.82) is 0 Å². The van der Waals surface area contributed by atoms with E-state index in [1.165, 1.54) is 18.6 Å². The number of fused-ring (bicyclic) bond motifs is 2. The zero-order valence-electron chi connectivity index (χ0n) is 13.1. The van der Waals surface area contributed by atoms with Gasteiger partial charge in [-0.15, -0.1) is 0 Å². The summed E-state index contributed by atoms with van der Waals surface area (Å²) in [6.07, 6.45) is 2.35. The van der Waals surface area contributed by atoms with Crippen LogP contribution in [0.4, 0.5) is 5.69 Å². The predicted octanol–water partition coefficient (Wildman–Crippen LogP) is 2.09. The molecule has 0 spiro atoms. The smallest absolute Gasteiger partial charge is 0.311 e. The lowest BCUT2D eigenvalue weighted by Crippen LogP contribution is -2.56. The SMILES string of the molecule is CCOc1ccc(C2NN=C3C4CCN(CC4)C32)cc1[N+](=O)[O-]. The number of hydrogen-bond donors (Lipinski definition) is 1. The van der Waals surface area contributed by atoms with E-state index in [1.807, 2.05) is 13.0 Å². The summed E-state index contributed by atoms with van der Waals surface area (Å²) in [4.78, 5) is 13.4. The van der Waals surface area contributed by atoms with Gasteiger partial charge in [-0.2, -0.15) is 5.10 Å². The molecule has 3 saturated heterocycles. The van der Waals surface area contributed by atoms with E-state index in [0.29, 0.717) is 18.3 Å². The van der Waals surface area contributed by atoms with E-state index in [9.17, 15) is 10.1 Å². The van der Waals surface area contributed by atoms with Crippen molar-refractivity contribution >= 4 is 11.4 Å². The highest BCUT2D eigenvalue weighted by Gasteiger charge is 2.47. The minimum atomic E-state index is -0.376. The Morgan fingerprint density at radius 2 is 2.22 bits per heavy atom. The zero-order chi connectivity index (χ0) is 16.0. The number of nitrogens with one attached hydrogen (secondary N) is 1. The van der Waals surface area contributed by atoms with Gasteiger partial charge in [0.25, 0.3) is 0 Å². The lowest BCUT2D eigenvalue weighted by atomic mass is 9.78. The van der Waals surface area contributed by atoms with Gasteiger partial charge in [-0.05, 0) is 44.5 Å². The van der Waals surface area contributed by atoms with Crippen molar-refractivity contribution in [2.75, 3.05) is 19.7 Å². The molecule has 0 aromatic heterocycles. The lowest BCUT2D eigenvalue weighted by Gasteiger charge is -2.45. The van der Waals surface area contributed by atoms with Crippen molar-refractivity contribution in [2.24, 2.45) is 11.0 Å². The summed E-state index contributed by atoms with van der Waals surface area (Å²) in [5.74, 6) is 0.894. The van der Waals surface area contributed by atoms with E-state index in [2.05, 4.69) is 15.4 Å². The molecule has 0 radical (unpaired) electrons. The van der Waals surface area contributed by atoms with Crippen molar-refractivity contribution < 1.29 is 9.66 Å². The third-order valence-corrected chi connectivity index (χ3v) is 5.13. The molecule has 1 aromatic carbocycles. The van der Waals surface area contributed by atoms with Gasteiger partial charge in [-0.3, -0.25) is 15.0 Å². The largest absolute Gasteiger partial charge is 0.487 e. The Morgan fingerprint density at radius 3 is 2.91 bits per heavy atom.